The van der Waals surface area contributed by atoms with E-state index in [1.54, 1.807) is 0 Å². The minimum absolute atomic E-state index is 0.810. The van der Waals surface area contributed by atoms with Crippen LogP contribution >= 0.6 is 11.6 Å². The minimum atomic E-state index is 0.810. The van der Waals surface area contributed by atoms with Gasteiger partial charge in [-0.25, -0.2) is 0 Å². The van der Waals surface area contributed by atoms with Crippen LogP contribution in [-0.2, 0) is 13.0 Å². The number of rotatable bonds is 6. The van der Waals surface area contributed by atoms with E-state index < -0.39 is 0 Å². The summed E-state index contributed by atoms with van der Waals surface area (Å²) in [7, 11) is 0. The van der Waals surface area contributed by atoms with Crippen LogP contribution in [0.1, 0.15) is 23.1 Å². The molecule has 2 aromatic rings. The van der Waals surface area contributed by atoms with Crippen LogP contribution < -0.4 is 5.32 Å². The SMILES string of the molecule is Cc1cc(Cl)ccc1CNCCCc1ccccc1. The molecule has 0 amide bonds. The number of hydrogen-bond donors (Lipinski definition) is 1. The average molecular weight is 274 g/mol. The molecular weight excluding hydrogens is 254 g/mol. The Morgan fingerprint density at radius 1 is 1.05 bits per heavy atom. The molecule has 0 aliphatic rings. The van der Waals surface area contributed by atoms with Crippen LogP contribution in [0.2, 0.25) is 5.02 Å². The van der Waals surface area contributed by atoms with Crippen LogP contribution in [0.4, 0.5) is 0 Å². The third-order valence-electron chi connectivity index (χ3n) is 3.28. The van der Waals surface area contributed by atoms with Crippen molar-refractivity contribution < 1.29 is 0 Å². The molecule has 1 nitrogen and oxygen atoms in total. The molecule has 0 spiro atoms. The summed E-state index contributed by atoms with van der Waals surface area (Å²) in [4.78, 5) is 0. The zero-order valence-corrected chi connectivity index (χ0v) is 12.1. The molecule has 2 aromatic carbocycles. The first-order valence-electron chi connectivity index (χ1n) is 6.75. The summed E-state index contributed by atoms with van der Waals surface area (Å²) in [6.45, 7) is 4.06. The van der Waals surface area contributed by atoms with E-state index in [0.717, 1.165) is 31.0 Å². The van der Waals surface area contributed by atoms with Gasteiger partial charge in [0.15, 0.2) is 0 Å². The van der Waals surface area contributed by atoms with Crippen LogP contribution in [0.25, 0.3) is 0 Å². The average Bonchev–Trinajstić information content (AvgIpc) is 2.42. The molecule has 2 heteroatoms. The molecule has 0 saturated carbocycles. The molecular formula is C17H20ClN. The van der Waals surface area contributed by atoms with Gasteiger partial charge in [-0.1, -0.05) is 48.0 Å². The van der Waals surface area contributed by atoms with Crippen molar-refractivity contribution in [2.24, 2.45) is 0 Å². The number of benzene rings is 2. The third-order valence-corrected chi connectivity index (χ3v) is 3.52. The number of aryl methyl sites for hydroxylation is 2. The van der Waals surface area contributed by atoms with Gasteiger partial charge in [0, 0.05) is 11.6 Å². The fourth-order valence-corrected chi connectivity index (χ4v) is 2.37. The molecule has 0 saturated heterocycles. The van der Waals surface area contributed by atoms with Gasteiger partial charge < -0.3 is 5.32 Å². The summed E-state index contributed by atoms with van der Waals surface area (Å²) >= 11 is 5.95. The summed E-state index contributed by atoms with van der Waals surface area (Å²) in [5.41, 5.74) is 3.99. The lowest BCUT2D eigenvalue weighted by Crippen LogP contribution is -2.16. The van der Waals surface area contributed by atoms with Crippen molar-refractivity contribution in [3.05, 3.63) is 70.2 Å². The van der Waals surface area contributed by atoms with Crippen molar-refractivity contribution >= 4 is 11.6 Å². The fourth-order valence-electron chi connectivity index (χ4n) is 2.14. The van der Waals surface area contributed by atoms with Gasteiger partial charge in [-0.2, -0.15) is 0 Å². The predicted molar refractivity (Wildman–Crippen MR) is 82.7 cm³/mol. The summed E-state index contributed by atoms with van der Waals surface area (Å²) < 4.78 is 0. The highest BCUT2D eigenvalue weighted by atomic mass is 35.5. The van der Waals surface area contributed by atoms with Crippen molar-refractivity contribution in [3.63, 3.8) is 0 Å². The summed E-state index contributed by atoms with van der Waals surface area (Å²) in [5, 5.41) is 4.30. The molecule has 0 radical (unpaired) electrons. The maximum atomic E-state index is 5.95. The summed E-state index contributed by atoms with van der Waals surface area (Å²) in [6.07, 6.45) is 2.30. The number of hydrogen-bond acceptors (Lipinski definition) is 1. The maximum Gasteiger partial charge on any atom is 0.0408 e. The number of nitrogens with one attached hydrogen (secondary N) is 1. The Morgan fingerprint density at radius 2 is 1.84 bits per heavy atom. The predicted octanol–water partition coefficient (Wildman–Crippen LogP) is 4.37. The molecule has 0 unspecified atom stereocenters. The van der Waals surface area contributed by atoms with Gasteiger partial charge in [0.05, 0.1) is 0 Å². The van der Waals surface area contributed by atoms with Crippen molar-refractivity contribution in [2.45, 2.75) is 26.3 Å². The molecule has 1 N–H and O–H groups in total. The van der Waals surface area contributed by atoms with E-state index in [-0.39, 0.29) is 0 Å². The number of halogens is 1. The molecule has 0 atom stereocenters. The third kappa shape index (κ3) is 4.70. The Bertz CT molecular complexity index is 508. The maximum absolute atomic E-state index is 5.95. The van der Waals surface area contributed by atoms with Crippen LogP contribution in [0.5, 0.6) is 0 Å². The van der Waals surface area contributed by atoms with Crippen molar-refractivity contribution in [2.75, 3.05) is 6.54 Å². The molecule has 0 aromatic heterocycles. The lowest BCUT2D eigenvalue weighted by molar-refractivity contribution is 0.648. The normalized spacial score (nSPS) is 10.6. The van der Waals surface area contributed by atoms with Crippen LogP contribution in [-0.4, -0.2) is 6.54 Å². The Hall–Kier alpha value is -1.31. The van der Waals surface area contributed by atoms with E-state index in [1.807, 2.05) is 12.1 Å². The lowest BCUT2D eigenvalue weighted by Gasteiger charge is -2.08. The highest BCUT2D eigenvalue weighted by molar-refractivity contribution is 6.30. The molecule has 2 rings (SSSR count). The van der Waals surface area contributed by atoms with Crippen molar-refractivity contribution in [3.8, 4) is 0 Å². The highest BCUT2D eigenvalue weighted by Crippen LogP contribution is 2.14. The fraction of sp³-hybridized carbons (Fsp3) is 0.294. The first-order valence-corrected chi connectivity index (χ1v) is 7.13. The molecule has 19 heavy (non-hydrogen) atoms. The van der Waals surface area contributed by atoms with Crippen LogP contribution in [0.3, 0.4) is 0 Å². The Morgan fingerprint density at radius 3 is 2.58 bits per heavy atom. The largest absolute Gasteiger partial charge is 0.313 e. The monoisotopic (exact) mass is 273 g/mol. The van der Waals surface area contributed by atoms with Gasteiger partial charge in [-0.15, -0.1) is 0 Å². The van der Waals surface area contributed by atoms with E-state index >= 15 is 0 Å². The quantitative estimate of drug-likeness (QED) is 0.771. The van der Waals surface area contributed by atoms with Crippen LogP contribution in [0, 0.1) is 6.92 Å². The van der Waals surface area contributed by atoms with Gasteiger partial charge in [0.2, 0.25) is 0 Å². The second-order valence-electron chi connectivity index (χ2n) is 4.84. The molecule has 100 valence electrons. The van der Waals surface area contributed by atoms with Crippen molar-refractivity contribution in [1.82, 2.24) is 5.32 Å². The molecule has 0 fully saturated rings. The smallest absolute Gasteiger partial charge is 0.0408 e. The van der Waals surface area contributed by atoms with E-state index in [9.17, 15) is 0 Å². The van der Waals surface area contributed by atoms with Gasteiger partial charge in [-0.05, 0) is 55.1 Å². The Labute approximate surface area is 120 Å². The molecule has 0 heterocycles. The van der Waals surface area contributed by atoms with E-state index in [1.165, 1.54) is 16.7 Å². The zero-order valence-electron chi connectivity index (χ0n) is 11.3. The van der Waals surface area contributed by atoms with Gasteiger partial charge in [0.1, 0.15) is 0 Å². The molecule has 0 bridgehead atoms. The molecule has 0 aliphatic heterocycles. The highest BCUT2D eigenvalue weighted by Gasteiger charge is 1.99. The van der Waals surface area contributed by atoms with E-state index in [4.69, 9.17) is 11.6 Å². The van der Waals surface area contributed by atoms with E-state index in [2.05, 4.69) is 48.6 Å². The van der Waals surface area contributed by atoms with Crippen LogP contribution in [0.15, 0.2) is 48.5 Å². The summed E-state index contributed by atoms with van der Waals surface area (Å²) in [6, 6.07) is 16.7. The summed E-state index contributed by atoms with van der Waals surface area (Å²) in [5.74, 6) is 0. The second-order valence-corrected chi connectivity index (χ2v) is 5.27. The van der Waals surface area contributed by atoms with Gasteiger partial charge >= 0.3 is 0 Å². The van der Waals surface area contributed by atoms with Crippen molar-refractivity contribution in [1.29, 1.82) is 0 Å². The standard InChI is InChI=1S/C17H20ClN/c1-14-12-17(18)10-9-16(14)13-19-11-5-8-15-6-3-2-4-7-15/h2-4,6-7,9-10,12,19H,5,8,11,13H2,1H3. The minimum Gasteiger partial charge on any atom is -0.313 e. The second kappa shape index (κ2) is 7.32. The zero-order chi connectivity index (χ0) is 13.5. The van der Waals surface area contributed by atoms with Gasteiger partial charge in [-0.3, -0.25) is 0 Å². The first kappa shape index (κ1) is 14.1. The van der Waals surface area contributed by atoms with Gasteiger partial charge in [0.25, 0.3) is 0 Å². The topological polar surface area (TPSA) is 12.0 Å². The first-order chi connectivity index (χ1) is 9.25. The molecule has 0 aliphatic carbocycles. The van der Waals surface area contributed by atoms with E-state index in [0.29, 0.717) is 0 Å². The Kier molecular flexibility index (Phi) is 5.44. The lowest BCUT2D eigenvalue weighted by atomic mass is 10.1. The Balaban J connectivity index is 1.69.